The Kier molecular flexibility index (Phi) is 4.33. The Morgan fingerprint density at radius 1 is 1.25 bits per heavy atom. The molecule has 0 spiro atoms. The van der Waals surface area contributed by atoms with Crippen molar-refractivity contribution >= 4 is 0 Å². The molecule has 0 aliphatic rings. The third kappa shape index (κ3) is 3.73. The Balaban J connectivity index is 2.10. The zero-order valence-corrected chi connectivity index (χ0v) is 13.3. The van der Waals surface area contributed by atoms with Gasteiger partial charge in [0.15, 0.2) is 0 Å². The van der Waals surface area contributed by atoms with Crippen molar-refractivity contribution in [2.75, 3.05) is 0 Å². The Morgan fingerprint density at radius 2 is 2.00 bits per heavy atom. The summed E-state index contributed by atoms with van der Waals surface area (Å²) >= 11 is 0. The molecule has 0 aliphatic carbocycles. The lowest BCUT2D eigenvalue weighted by Crippen LogP contribution is -2.35. The maximum atomic E-state index is 4.51. The highest BCUT2D eigenvalue weighted by Gasteiger charge is 2.11. The van der Waals surface area contributed by atoms with Gasteiger partial charge in [0.1, 0.15) is 0 Å². The van der Waals surface area contributed by atoms with Crippen molar-refractivity contribution in [1.82, 2.24) is 19.7 Å². The van der Waals surface area contributed by atoms with Gasteiger partial charge in [0.05, 0.1) is 17.9 Å². The first-order valence-electron chi connectivity index (χ1n) is 7.30. The fourth-order valence-corrected chi connectivity index (χ4v) is 2.19. The second-order valence-electron chi connectivity index (χ2n) is 6.34. The third-order valence-corrected chi connectivity index (χ3v) is 3.45. The summed E-state index contributed by atoms with van der Waals surface area (Å²) in [5.41, 5.74) is 3.84. The van der Waals surface area contributed by atoms with Crippen LogP contribution in [0.15, 0.2) is 24.4 Å². The van der Waals surface area contributed by atoms with Crippen LogP contribution < -0.4 is 5.32 Å². The van der Waals surface area contributed by atoms with Gasteiger partial charge in [-0.25, -0.2) is 0 Å². The average molecular weight is 274 g/mol. The summed E-state index contributed by atoms with van der Waals surface area (Å²) in [6.45, 7) is 10.5. The van der Waals surface area contributed by atoms with Crippen LogP contribution in [0.5, 0.6) is 0 Å². The van der Waals surface area contributed by atoms with E-state index in [0.717, 1.165) is 25.2 Å². The highest BCUT2D eigenvalue weighted by Crippen LogP contribution is 2.11. The van der Waals surface area contributed by atoms with Crippen LogP contribution in [0.2, 0.25) is 0 Å². The molecule has 2 aromatic heterocycles. The molecule has 0 fully saturated rings. The van der Waals surface area contributed by atoms with Crippen LogP contribution in [0.25, 0.3) is 0 Å². The summed E-state index contributed by atoms with van der Waals surface area (Å²) in [6.07, 6.45) is 3.12. The Hall–Kier alpha value is -1.55. The lowest BCUT2D eigenvalue weighted by atomic mass is 10.1. The van der Waals surface area contributed by atoms with Crippen molar-refractivity contribution in [2.45, 2.75) is 52.7 Å². The molecule has 2 aromatic rings. The van der Waals surface area contributed by atoms with Crippen LogP contribution in [0.1, 0.15) is 44.8 Å². The van der Waals surface area contributed by atoms with Crippen molar-refractivity contribution in [3.8, 4) is 0 Å². The predicted molar refractivity (Wildman–Crippen MR) is 82.7 cm³/mol. The van der Waals surface area contributed by atoms with Gasteiger partial charge in [-0.1, -0.05) is 6.92 Å². The number of hydrogen-bond donors (Lipinski definition) is 1. The molecule has 110 valence electrons. The molecule has 0 unspecified atom stereocenters. The highest BCUT2D eigenvalue weighted by atomic mass is 15.3. The Bertz CT molecular complexity index is 557. The first-order chi connectivity index (χ1) is 9.39. The van der Waals surface area contributed by atoms with Crippen LogP contribution in [0.3, 0.4) is 0 Å². The number of hydrogen-bond acceptors (Lipinski definition) is 2. The minimum Gasteiger partial charge on any atom is -0.344 e. The van der Waals surface area contributed by atoms with E-state index in [1.54, 1.807) is 0 Å². The molecule has 20 heavy (non-hydrogen) atoms. The minimum absolute atomic E-state index is 0.136. The molecule has 0 aliphatic heterocycles. The molecular weight excluding hydrogens is 248 g/mol. The molecule has 2 heterocycles. The second-order valence-corrected chi connectivity index (χ2v) is 6.34. The normalized spacial score (nSPS) is 12.1. The summed E-state index contributed by atoms with van der Waals surface area (Å²) in [6, 6.07) is 6.48. The minimum atomic E-state index is 0.136. The number of nitrogens with zero attached hydrogens (tertiary/aromatic N) is 3. The van der Waals surface area contributed by atoms with E-state index >= 15 is 0 Å². The quantitative estimate of drug-likeness (QED) is 0.910. The summed E-state index contributed by atoms with van der Waals surface area (Å²) < 4.78 is 4.27. The second kappa shape index (κ2) is 5.83. The molecule has 0 atom stereocenters. The van der Waals surface area contributed by atoms with Gasteiger partial charge < -0.3 is 9.88 Å². The van der Waals surface area contributed by atoms with Crippen LogP contribution >= 0.6 is 0 Å². The lowest BCUT2D eigenvalue weighted by molar-refractivity contribution is 0.416. The molecule has 1 N–H and O–H groups in total. The first-order valence-corrected chi connectivity index (χ1v) is 7.30. The zero-order valence-electron chi connectivity index (χ0n) is 13.3. The SMILES string of the molecule is CCc1cc(Cn2cccc2CNC(C)(C)C)n(C)n1. The molecule has 0 aromatic carbocycles. The van der Waals surface area contributed by atoms with E-state index in [1.807, 2.05) is 11.7 Å². The van der Waals surface area contributed by atoms with Crippen molar-refractivity contribution in [1.29, 1.82) is 0 Å². The van der Waals surface area contributed by atoms with Crippen LogP contribution in [0.4, 0.5) is 0 Å². The van der Waals surface area contributed by atoms with Gasteiger partial charge in [-0.15, -0.1) is 0 Å². The van der Waals surface area contributed by atoms with E-state index in [1.165, 1.54) is 11.4 Å². The van der Waals surface area contributed by atoms with E-state index in [9.17, 15) is 0 Å². The molecule has 0 saturated carbocycles. The molecule has 0 amide bonds. The number of rotatable bonds is 5. The summed E-state index contributed by atoms with van der Waals surface area (Å²) in [5, 5.41) is 8.05. The smallest absolute Gasteiger partial charge is 0.0642 e. The van der Waals surface area contributed by atoms with Gasteiger partial charge in [0, 0.05) is 31.0 Å². The highest BCUT2D eigenvalue weighted by molar-refractivity contribution is 5.14. The molecule has 2 rings (SSSR count). The van der Waals surface area contributed by atoms with Gasteiger partial charge in [-0.05, 0) is 45.4 Å². The average Bonchev–Trinajstić information content (AvgIpc) is 2.94. The maximum absolute atomic E-state index is 4.51. The van der Waals surface area contributed by atoms with Crippen LogP contribution in [0, 0.1) is 0 Å². The van der Waals surface area contributed by atoms with Gasteiger partial charge in [-0.3, -0.25) is 4.68 Å². The Labute approximate surface area is 121 Å². The monoisotopic (exact) mass is 274 g/mol. The fourth-order valence-electron chi connectivity index (χ4n) is 2.19. The first kappa shape index (κ1) is 14.9. The van der Waals surface area contributed by atoms with Gasteiger partial charge in [0.25, 0.3) is 0 Å². The number of aryl methyl sites for hydroxylation is 2. The van der Waals surface area contributed by atoms with Crippen molar-refractivity contribution < 1.29 is 0 Å². The van der Waals surface area contributed by atoms with E-state index < -0.39 is 0 Å². The molecule has 4 nitrogen and oxygen atoms in total. The number of aromatic nitrogens is 3. The van der Waals surface area contributed by atoms with Crippen molar-refractivity contribution in [2.24, 2.45) is 7.05 Å². The lowest BCUT2D eigenvalue weighted by Gasteiger charge is -2.21. The number of nitrogens with one attached hydrogen (secondary N) is 1. The van der Waals surface area contributed by atoms with E-state index in [4.69, 9.17) is 0 Å². The fraction of sp³-hybridized carbons (Fsp3) is 0.562. The summed E-state index contributed by atoms with van der Waals surface area (Å²) in [7, 11) is 2.02. The largest absolute Gasteiger partial charge is 0.344 e. The topological polar surface area (TPSA) is 34.8 Å². The molecular formula is C16H26N4. The van der Waals surface area contributed by atoms with E-state index in [0.29, 0.717) is 0 Å². The maximum Gasteiger partial charge on any atom is 0.0642 e. The van der Waals surface area contributed by atoms with E-state index in [-0.39, 0.29) is 5.54 Å². The van der Waals surface area contributed by atoms with Crippen LogP contribution in [-0.4, -0.2) is 19.9 Å². The summed E-state index contributed by atoms with van der Waals surface area (Å²) in [5.74, 6) is 0. The summed E-state index contributed by atoms with van der Waals surface area (Å²) in [4.78, 5) is 0. The standard InChI is InChI=1S/C16H26N4/c1-6-13-10-15(19(5)18-13)12-20-9-7-8-14(20)11-17-16(2,3)4/h7-10,17H,6,11-12H2,1-5H3. The molecule has 0 saturated heterocycles. The molecule has 0 bridgehead atoms. The third-order valence-electron chi connectivity index (χ3n) is 3.45. The Morgan fingerprint density at radius 3 is 2.60 bits per heavy atom. The van der Waals surface area contributed by atoms with Gasteiger partial charge in [0.2, 0.25) is 0 Å². The molecule has 0 radical (unpaired) electrons. The van der Waals surface area contributed by atoms with E-state index in [2.05, 4.69) is 67.1 Å². The molecule has 4 heteroatoms. The zero-order chi connectivity index (χ0) is 14.8. The van der Waals surface area contributed by atoms with Crippen LogP contribution in [-0.2, 0) is 26.6 Å². The van der Waals surface area contributed by atoms with Crippen molar-refractivity contribution in [3.63, 3.8) is 0 Å². The van der Waals surface area contributed by atoms with Gasteiger partial charge in [-0.2, -0.15) is 5.10 Å². The van der Waals surface area contributed by atoms with Gasteiger partial charge >= 0.3 is 0 Å². The van der Waals surface area contributed by atoms with Crippen molar-refractivity contribution in [3.05, 3.63) is 41.5 Å². The predicted octanol–water partition coefficient (Wildman–Crippen LogP) is 2.72.